The van der Waals surface area contributed by atoms with Gasteiger partial charge in [-0.3, -0.25) is 4.98 Å². The predicted molar refractivity (Wildman–Crippen MR) is 112 cm³/mol. The normalized spacial score (nSPS) is 16.2. The Bertz CT molecular complexity index is 997. The van der Waals surface area contributed by atoms with Crippen LogP contribution in [0.4, 0.5) is 13.6 Å². The van der Waals surface area contributed by atoms with E-state index in [1.807, 2.05) is 18.2 Å². The van der Waals surface area contributed by atoms with Crippen molar-refractivity contribution >= 4 is 23.3 Å². The lowest BCUT2D eigenvalue weighted by Gasteiger charge is -2.29. The van der Waals surface area contributed by atoms with E-state index < -0.39 is 6.43 Å². The summed E-state index contributed by atoms with van der Waals surface area (Å²) in [5.74, 6) is 0. The smallest absolute Gasteiger partial charge is 0.409 e. The lowest BCUT2D eigenvalue weighted by Crippen LogP contribution is -2.37. The van der Waals surface area contributed by atoms with Crippen LogP contribution in [-0.4, -0.2) is 35.7 Å². The van der Waals surface area contributed by atoms with Gasteiger partial charge in [0.1, 0.15) is 0 Å². The van der Waals surface area contributed by atoms with E-state index in [2.05, 4.69) is 4.98 Å². The third-order valence-corrected chi connectivity index (χ3v) is 6.03. The van der Waals surface area contributed by atoms with E-state index in [1.54, 1.807) is 11.8 Å². The number of likely N-dealkylation sites (tertiary alicyclic amines) is 1. The van der Waals surface area contributed by atoms with Gasteiger partial charge < -0.3 is 9.64 Å². The Morgan fingerprint density at radius 2 is 1.97 bits per heavy atom. The summed E-state index contributed by atoms with van der Waals surface area (Å²) >= 11 is 6.23. The van der Waals surface area contributed by atoms with Crippen LogP contribution in [0.1, 0.15) is 54.1 Å². The molecule has 2 aromatic rings. The zero-order valence-corrected chi connectivity index (χ0v) is 17.5. The molecule has 1 fully saturated rings. The third kappa shape index (κ3) is 3.93. The quantitative estimate of drug-likeness (QED) is 0.600. The number of alkyl halides is 2. The maximum atomic E-state index is 13.7. The summed E-state index contributed by atoms with van der Waals surface area (Å²) in [6.45, 7) is 3.19. The number of amides is 1. The van der Waals surface area contributed by atoms with Gasteiger partial charge in [0.05, 0.1) is 12.3 Å². The van der Waals surface area contributed by atoms with Crippen molar-refractivity contribution in [3.8, 4) is 0 Å². The van der Waals surface area contributed by atoms with E-state index in [-0.39, 0.29) is 11.7 Å². The van der Waals surface area contributed by atoms with E-state index in [0.29, 0.717) is 61.7 Å². The highest BCUT2D eigenvalue weighted by molar-refractivity contribution is 6.30. The number of halogens is 3. The molecule has 0 bridgehead atoms. The number of carbonyl (C=O) groups is 1. The van der Waals surface area contributed by atoms with Gasteiger partial charge in [0, 0.05) is 35.4 Å². The summed E-state index contributed by atoms with van der Waals surface area (Å²) in [4.78, 5) is 18.3. The van der Waals surface area contributed by atoms with Gasteiger partial charge >= 0.3 is 6.09 Å². The third-order valence-electron chi connectivity index (χ3n) is 5.79. The Balaban J connectivity index is 1.82. The van der Waals surface area contributed by atoms with Crippen molar-refractivity contribution in [3.63, 3.8) is 0 Å². The molecule has 158 valence electrons. The van der Waals surface area contributed by atoms with Crippen molar-refractivity contribution in [3.05, 3.63) is 69.0 Å². The average molecular weight is 433 g/mol. The zero-order chi connectivity index (χ0) is 21.3. The highest BCUT2D eigenvalue weighted by atomic mass is 35.5. The lowest BCUT2D eigenvalue weighted by molar-refractivity contribution is 0.104. The second-order valence-electron chi connectivity index (χ2n) is 7.49. The first-order valence-electron chi connectivity index (χ1n) is 10.2. The van der Waals surface area contributed by atoms with Crippen molar-refractivity contribution in [1.29, 1.82) is 0 Å². The predicted octanol–water partition coefficient (Wildman–Crippen LogP) is 5.83. The molecule has 1 aliphatic carbocycles. The second-order valence-corrected chi connectivity index (χ2v) is 7.93. The van der Waals surface area contributed by atoms with Crippen LogP contribution in [0.2, 0.25) is 5.02 Å². The first-order chi connectivity index (χ1) is 14.5. The molecule has 0 N–H and O–H groups in total. The molecule has 0 radical (unpaired) electrons. The van der Waals surface area contributed by atoms with Gasteiger partial charge in [0.15, 0.2) is 0 Å². The van der Waals surface area contributed by atoms with Crippen LogP contribution in [0.15, 0.2) is 36.0 Å². The first-order valence-corrected chi connectivity index (χ1v) is 10.6. The van der Waals surface area contributed by atoms with Gasteiger partial charge in [-0.2, -0.15) is 0 Å². The van der Waals surface area contributed by atoms with E-state index in [9.17, 15) is 13.6 Å². The van der Waals surface area contributed by atoms with Crippen molar-refractivity contribution in [2.24, 2.45) is 0 Å². The number of ether oxygens (including phenoxy) is 1. The largest absolute Gasteiger partial charge is 0.450 e. The molecule has 4 rings (SSSR count). The Morgan fingerprint density at radius 1 is 1.20 bits per heavy atom. The molecule has 1 aliphatic heterocycles. The number of benzene rings is 1. The Kier molecular flexibility index (Phi) is 6.04. The van der Waals surface area contributed by atoms with Crippen molar-refractivity contribution < 1.29 is 18.3 Å². The molecular weight excluding hydrogens is 410 g/mol. The number of carbonyl (C=O) groups excluding carboxylic acids is 1. The number of nitrogens with zero attached hydrogens (tertiary/aromatic N) is 2. The monoisotopic (exact) mass is 432 g/mol. The summed E-state index contributed by atoms with van der Waals surface area (Å²) in [5.41, 5.74) is 5.36. The van der Waals surface area contributed by atoms with Crippen LogP contribution in [0.5, 0.6) is 0 Å². The topological polar surface area (TPSA) is 42.4 Å². The van der Waals surface area contributed by atoms with Crippen molar-refractivity contribution in [1.82, 2.24) is 9.88 Å². The van der Waals surface area contributed by atoms with Crippen molar-refractivity contribution in [2.75, 3.05) is 19.7 Å². The van der Waals surface area contributed by atoms with Gasteiger partial charge in [-0.15, -0.1) is 0 Å². The minimum atomic E-state index is -2.55. The summed E-state index contributed by atoms with van der Waals surface area (Å²) in [6.07, 6.45) is 1.01. The highest BCUT2D eigenvalue weighted by Gasteiger charge is 2.29. The van der Waals surface area contributed by atoms with Gasteiger partial charge in [0.2, 0.25) is 0 Å². The number of pyridine rings is 1. The molecule has 0 saturated carbocycles. The number of piperidine rings is 1. The second kappa shape index (κ2) is 8.72. The van der Waals surface area contributed by atoms with Crippen LogP contribution in [0.3, 0.4) is 0 Å². The van der Waals surface area contributed by atoms with Gasteiger partial charge in [-0.1, -0.05) is 23.2 Å². The SMILES string of the molecule is CCOC(=O)N1CCC(=C2c3ccc(Cl)cc3CCc3c(C(F)F)ccnc32)CC1. The minimum absolute atomic E-state index is 0.0426. The van der Waals surface area contributed by atoms with Crippen LogP contribution in [-0.2, 0) is 17.6 Å². The van der Waals surface area contributed by atoms with Gasteiger partial charge in [-0.05, 0) is 67.5 Å². The lowest BCUT2D eigenvalue weighted by atomic mass is 9.88. The van der Waals surface area contributed by atoms with E-state index in [1.165, 1.54) is 12.3 Å². The molecule has 7 heteroatoms. The summed E-state index contributed by atoms with van der Waals surface area (Å²) in [5, 5.41) is 0.628. The summed E-state index contributed by atoms with van der Waals surface area (Å²) < 4.78 is 32.6. The van der Waals surface area contributed by atoms with Crippen LogP contribution < -0.4 is 0 Å². The molecule has 0 atom stereocenters. The molecular formula is C23H23ClF2N2O2. The average Bonchev–Trinajstić information content (AvgIpc) is 2.90. The highest BCUT2D eigenvalue weighted by Crippen LogP contribution is 2.40. The summed E-state index contributed by atoms with van der Waals surface area (Å²) in [7, 11) is 0. The minimum Gasteiger partial charge on any atom is -0.450 e. The van der Waals surface area contributed by atoms with Gasteiger partial charge in [0.25, 0.3) is 6.43 Å². The number of hydrogen-bond donors (Lipinski definition) is 0. The fourth-order valence-electron chi connectivity index (χ4n) is 4.37. The fraction of sp³-hybridized carbons (Fsp3) is 0.391. The van der Waals surface area contributed by atoms with Crippen LogP contribution >= 0.6 is 11.6 Å². The molecule has 1 saturated heterocycles. The first kappa shape index (κ1) is 20.8. The molecule has 0 unspecified atom stereocenters. The Labute approximate surface area is 179 Å². The Hall–Kier alpha value is -2.47. The number of hydrogen-bond acceptors (Lipinski definition) is 3. The zero-order valence-electron chi connectivity index (χ0n) is 16.8. The molecule has 30 heavy (non-hydrogen) atoms. The maximum absolute atomic E-state index is 13.7. The van der Waals surface area contributed by atoms with E-state index >= 15 is 0 Å². The van der Waals surface area contributed by atoms with Crippen LogP contribution in [0, 0.1) is 0 Å². The standard InChI is InChI=1S/C23H23ClF2N2O2/c1-2-30-23(29)28-11-8-14(9-12-28)20-17-6-4-16(24)13-15(17)3-5-18-19(22(25)26)7-10-27-21(18)20/h4,6-7,10,13,22H,2-3,5,8-9,11-12H2,1H3. The summed E-state index contributed by atoms with van der Waals surface area (Å²) in [6, 6.07) is 7.12. The van der Waals surface area contributed by atoms with Crippen molar-refractivity contribution in [2.45, 2.75) is 39.0 Å². The number of aryl methyl sites for hydroxylation is 1. The molecule has 2 heterocycles. The van der Waals surface area contributed by atoms with E-state index in [0.717, 1.165) is 22.3 Å². The molecule has 0 spiro atoms. The fourth-order valence-corrected chi connectivity index (χ4v) is 4.57. The molecule has 4 nitrogen and oxygen atoms in total. The molecule has 1 aromatic carbocycles. The number of aromatic nitrogens is 1. The molecule has 2 aliphatic rings. The van der Waals surface area contributed by atoms with E-state index in [4.69, 9.17) is 16.3 Å². The Morgan fingerprint density at radius 3 is 2.67 bits per heavy atom. The molecule has 1 amide bonds. The number of fused-ring (bicyclic) bond motifs is 2. The number of rotatable bonds is 2. The van der Waals surface area contributed by atoms with Crippen LogP contribution in [0.25, 0.3) is 5.57 Å². The van der Waals surface area contributed by atoms with Gasteiger partial charge in [-0.25, -0.2) is 13.6 Å². The molecule has 1 aromatic heterocycles. The maximum Gasteiger partial charge on any atom is 0.409 e.